The van der Waals surface area contributed by atoms with Gasteiger partial charge >= 0.3 is 6.03 Å². The summed E-state index contributed by atoms with van der Waals surface area (Å²) in [5, 5.41) is 3.53. The van der Waals surface area contributed by atoms with Gasteiger partial charge in [0.15, 0.2) is 0 Å². The summed E-state index contributed by atoms with van der Waals surface area (Å²) in [7, 11) is 0. The second-order valence-electron chi connectivity index (χ2n) is 5.47. The Morgan fingerprint density at radius 2 is 2.32 bits per heavy atom. The molecule has 1 aromatic carbocycles. The number of nitrogens with zero attached hydrogens (tertiary/aromatic N) is 2. The molecule has 2 amide bonds. The maximum atomic E-state index is 13.6. The summed E-state index contributed by atoms with van der Waals surface area (Å²) >= 11 is 3.18. The minimum Gasteiger partial charge on any atom is -0.356 e. The van der Waals surface area contributed by atoms with Gasteiger partial charge < -0.3 is 16.0 Å². The van der Waals surface area contributed by atoms with Crippen LogP contribution in [-0.2, 0) is 0 Å². The quantitative estimate of drug-likeness (QED) is 0.876. The first-order valence-electron chi connectivity index (χ1n) is 7.07. The summed E-state index contributed by atoms with van der Waals surface area (Å²) in [5.74, 6) is 0.865. The maximum absolute atomic E-state index is 13.6. The van der Waals surface area contributed by atoms with Gasteiger partial charge in [0.2, 0.25) is 0 Å². The smallest absolute Gasteiger partial charge is 0.312 e. The van der Waals surface area contributed by atoms with Gasteiger partial charge in [-0.3, -0.25) is 0 Å². The van der Waals surface area contributed by atoms with Crippen LogP contribution in [0, 0.1) is 11.7 Å². The number of hydrogen-bond donors (Lipinski definition) is 2. The summed E-state index contributed by atoms with van der Waals surface area (Å²) in [6.45, 7) is 2.24. The molecule has 1 fully saturated rings. The van der Waals surface area contributed by atoms with Gasteiger partial charge in [-0.2, -0.15) is 0 Å². The number of pyridine rings is 1. The van der Waals surface area contributed by atoms with E-state index in [1.807, 2.05) is 12.1 Å². The lowest BCUT2D eigenvalue weighted by Crippen LogP contribution is -2.34. The molecule has 7 heteroatoms. The third-order valence-electron chi connectivity index (χ3n) is 3.89. The first kappa shape index (κ1) is 15.0. The molecule has 2 heterocycles. The molecule has 0 saturated carbocycles. The lowest BCUT2D eigenvalue weighted by Gasteiger charge is -2.18. The predicted molar refractivity (Wildman–Crippen MR) is 87.3 cm³/mol. The first-order chi connectivity index (χ1) is 10.5. The highest BCUT2D eigenvalue weighted by Crippen LogP contribution is 2.27. The molecule has 0 bridgehead atoms. The molecule has 1 aliphatic heterocycles. The molecule has 5 nitrogen and oxygen atoms in total. The van der Waals surface area contributed by atoms with Crippen LogP contribution in [0.15, 0.2) is 28.7 Å². The number of benzene rings is 1. The Hall–Kier alpha value is -1.89. The average Bonchev–Trinajstić information content (AvgIpc) is 2.95. The summed E-state index contributed by atoms with van der Waals surface area (Å²) < 4.78 is 14.1. The van der Waals surface area contributed by atoms with Crippen LogP contribution >= 0.6 is 15.9 Å². The fourth-order valence-electron chi connectivity index (χ4n) is 2.74. The Kier molecular flexibility index (Phi) is 4.15. The summed E-state index contributed by atoms with van der Waals surface area (Å²) in [5.41, 5.74) is 5.73. The molecule has 1 atom stereocenters. The zero-order chi connectivity index (χ0) is 15.7. The van der Waals surface area contributed by atoms with Gasteiger partial charge in [-0.05, 0) is 46.5 Å². The molecule has 0 radical (unpaired) electrons. The van der Waals surface area contributed by atoms with Crippen molar-refractivity contribution in [3.8, 4) is 0 Å². The van der Waals surface area contributed by atoms with Gasteiger partial charge in [-0.1, -0.05) is 0 Å². The van der Waals surface area contributed by atoms with E-state index in [4.69, 9.17) is 5.73 Å². The van der Waals surface area contributed by atoms with E-state index in [0.29, 0.717) is 22.5 Å². The SMILES string of the molecule is NC(=O)NCC1CCN(c2ccc3cc(Br)c(F)cc3n2)C1. The molecule has 3 rings (SSSR count). The van der Waals surface area contributed by atoms with E-state index in [-0.39, 0.29) is 5.82 Å². The second kappa shape index (κ2) is 6.08. The molecule has 22 heavy (non-hydrogen) atoms. The van der Waals surface area contributed by atoms with E-state index in [1.165, 1.54) is 6.07 Å². The van der Waals surface area contributed by atoms with E-state index in [2.05, 4.69) is 31.1 Å². The number of aromatic nitrogens is 1. The number of primary amides is 1. The molecule has 116 valence electrons. The monoisotopic (exact) mass is 366 g/mol. The average molecular weight is 367 g/mol. The van der Waals surface area contributed by atoms with Crippen LogP contribution in [0.25, 0.3) is 10.9 Å². The molecule has 2 aromatic rings. The molecule has 0 aliphatic carbocycles. The van der Waals surface area contributed by atoms with Crippen LogP contribution in [0.5, 0.6) is 0 Å². The number of nitrogens with two attached hydrogens (primary N) is 1. The minimum atomic E-state index is -0.497. The molecule has 1 aromatic heterocycles. The van der Waals surface area contributed by atoms with Crippen molar-refractivity contribution in [3.63, 3.8) is 0 Å². The van der Waals surface area contributed by atoms with Crippen LogP contribution in [0.3, 0.4) is 0 Å². The Morgan fingerprint density at radius 1 is 1.50 bits per heavy atom. The van der Waals surface area contributed by atoms with E-state index in [0.717, 1.165) is 30.7 Å². The van der Waals surface area contributed by atoms with Crippen LogP contribution in [0.1, 0.15) is 6.42 Å². The summed E-state index contributed by atoms with van der Waals surface area (Å²) in [6.07, 6.45) is 0.967. The Balaban J connectivity index is 1.76. The van der Waals surface area contributed by atoms with Crippen molar-refractivity contribution in [1.82, 2.24) is 10.3 Å². The number of carbonyl (C=O) groups is 1. The molecule has 3 N–H and O–H groups in total. The Labute approximate surface area is 135 Å². The second-order valence-corrected chi connectivity index (χ2v) is 6.33. The van der Waals surface area contributed by atoms with Gasteiger partial charge in [0.1, 0.15) is 11.6 Å². The highest BCUT2D eigenvalue weighted by molar-refractivity contribution is 9.10. The van der Waals surface area contributed by atoms with Crippen molar-refractivity contribution in [1.29, 1.82) is 0 Å². The van der Waals surface area contributed by atoms with Crippen molar-refractivity contribution in [2.45, 2.75) is 6.42 Å². The number of carbonyl (C=O) groups excluding carboxylic acids is 1. The Bertz CT molecular complexity index is 724. The van der Waals surface area contributed by atoms with Crippen LogP contribution in [0.2, 0.25) is 0 Å². The first-order valence-corrected chi connectivity index (χ1v) is 7.86. The van der Waals surface area contributed by atoms with E-state index in [9.17, 15) is 9.18 Å². The van der Waals surface area contributed by atoms with Crippen molar-refractivity contribution in [2.24, 2.45) is 11.7 Å². The number of anilines is 1. The van der Waals surface area contributed by atoms with Crippen LogP contribution in [-0.4, -0.2) is 30.6 Å². The maximum Gasteiger partial charge on any atom is 0.312 e. The van der Waals surface area contributed by atoms with Crippen molar-refractivity contribution < 1.29 is 9.18 Å². The fourth-order valence-corrected chi connectivity index (χ4v) is 3.10. The third kappa shape index (κ3) is 3.14. The van der Waals surface area contributed by atoms with Gasteiger partial charge in [-0.25, -0.2) is 14.2 Å². The topological polar surface area (TPSA) is 71.2 Å². The third-order valence-corrected chi connectivity index (χ3v) is 4.50. The molecule has 1 saturated heterocycles. The fraction of sp³-hybridized carbons (Fsp3) is 0.333. The Morgan fingerprint density at radius 3 is 3.09 bits per heavy atom. The lowest BCUT2D eigenvalue weighted by molar-refractivity contribution is 0.247. The molecular formula is C15H16BrFN4O. The molecule has 1 aliphatic rings. The number of halogens is 2. The van der Waals surface area contributed by atoms with E-state index >= 15 is 0 Å². The largest absolute Gasteiger partial charge is 0.356 e. The zero-order valence-corrected chi connectivity index (χ0v) is 13.4. The number of nitrogens with one attached hydrogen (secondary N) is 1. The van der Waals surface area contributed by atoms with Crippen molar-refractivity contribution in [3.05, 3.63) is 34.6 Å². The predicted octanol–water partition coefficient (Wildman–Crippen LogP) is 2.63. The lowest BCUT2D eigenvalue weighted by atomic mass is 10.1. The van der Waals surface area contributed by atoms with Crippen molar-refractivity contribution >= 4 is 38.7 Å². The van der Waals surface area contributed by atoms with E-state index < -0.39 is 6.03 Å². The van der Waals surface area contributed by atoms with Gasteiger partial charge in [0, 0.05) is 31.1 Å². The molecular weight excluding hydrogens is 351 g/mol. The normalized spacial score (nSPS) is 17.9. The van der Waals surface area contributed by atoms with Crippen LogP contribution in [0.4, 0.5) is 15.0 Å². The standard InChI is InChI=1S/C15H16BrFN4O/c16-11-5-10-1-2-14(20-13(10)6-12(11)17)21-4-3-9(8-21)7-19-15(18)22/h1-2,5-6,9H,3-4,7-8H2,(H3,18,19,22). The summed E-state index contributed by atoms with van der Waals surface area (Å²) in [4.78, 5) is 17.4. The van der Waals surface area contributed by atoms with E-state index in [1.54, 1.807) is 6.07 Å². The molecule has 0 spiro atoms. The highest BCUT2D eigenvalue weighted by Gasteiger charge is 2.23. The van der Waals surface area contributed by atoms with Gasteiger partial charge in [0.25, 0.3) is 0 Å². The van der Waals surface area contributed by atoms with Crippen LogP contribution < -0.4 is 16.0 Å². The number of hydrogen-bond acceptors (Lipinski definition) is 3. The number of amides is 2. The van der Waals surface area contributed by atoms with Crippen molar-refractivity contribution in [2.75, 3.05) is 24.5 Å². The molecule has 1 unspecified atom stereocenters. The zero-order valence-electron chi connectivity index (χ0n) is 11.9. The number of rotatable bonds is 3. The highest BCUT2D eigenvalue weighted by atomic mass is 79.9. The minimum absolute atomic E-state index is 0.317. The summed E-state index contributed by atoms with van der Waals surface area (Å²) in [6, 6.07) is 6.55. The number of urea groups is 1. The van der Waals surface area contributed by atoms with Gasteiger partial charge in [-0.15, -0.1) is 0 Å². The van der Waals surface area contributed by atoms with Gasteiger partial charge in [0.05, 0.1) is 9.99 Å². The number of fused-ring (bicyclic) bond motifs is 1.